The lowest BCUT2D eigenvalue weighted by atomic mass is 9.78. The normalized spacial score (nSPS) is 21.0. The molecule has 3 aliphatic heterocycles. The molecule has 0 radical (unpaired) electrons. The number of hydrazine groups is 2. The zero-order valence-electron chi connectivity index (χ0n) is 28.6. The summed E-state index contributed by atoms with van der Waals surface area (Å²) in [7, 11) is 0. The number of amides is 4. The van der Waals surface area contributed by atoms with Gasteiger partial charge in [-0.25, -0.2) is 9.99 Å². The Hall–Kier alpha value is -6.21. The number of nitrogens with zero attached hydrogens (tertiary/aromatic N) is 3. The molecule has 13 nitrogen and oxygen atoms in total. The number of hydrogen-bond donors (Lipinski definition) is 4. The summed E-state index contributed by atoms with van der Waals surface area (Å²) in [5, 5.41) is 7.42. The zero-order valence-corrected chi connectivity index (χ0v) is 28.6. The maximum Gasteiger partial charge on any atom is 0.262 e. The number of fused-ring (bicyclic) bond motifs is 1. The van der Waals surface area contributed by atoms with Gasteiger partial charge in [0.2, 0.25) is 11.8 Å². The van der Waals surface area contributed by atoms with Gasteiger partial charge in [0.15, 0.2) is 0 Å². The summed E-state index contributed by atoms with van der Waals surface area (Å²) < 4.78 is 12.3. The SMILES string of the molecule is CC(C)(c1ccc(Oc2ccc(N3C=CNN3)nc2)cc1)c1ccc(O[C@H]2C[C@H](Nc3ccc4c(c3)C(=O)N(C3CCC(=O)NC3=O)C4=O)C2)cc1. The third-order valence-electron chi connectivity index (χ3n) is 10.1. The molecule has 2 fully saturated rings. The molecule has 264 valence electrons. The number of ether oxygens (including phenoxy) is 2. The largest absolute Gasteiger partial charge is 0.490 e. The Balaban J connectivity index is 0.828. The van der Waals surface area contributed by atoms with Crippen LogP contribution in [0.1, 0.15) is 71.4 Å². The van der Waals surface area contributed by atoms with Crippen LogP contribution in [-0.2, 0) is 15.0 Å². The highest BCUT2D eigenvalue weighted by molar-refractivity contribution is 6.23. The van der Waals surface area contributed by atoms with E-state index in [9.17, 15) is 19.2 Å². The summed E-state index contributed by atoms with van der Waals surface area (Å²) in [6, 6.07) is 24.3. The molecule has 4 heterocycles. The Bertz CT molecular complexity index is 2080. The second kappa shape index (κ2) is 13.2. The average molecular weight is 700 g/mol. The summed E-state index contributed by atoms with van der Waals surface area (Å²) in [5.74, 6) is 0.854. The third kappa shape index (κ3) is 6.30. The summed E-state index contributed by atoms with van der Waals surface area (Å²) in [6.45, 7) is 4.38. The van der Waals surface area contributed by atoms with Gasteiger partial charge < -0.3 is 20.2 Å². The first-order valence-corrected chi connectivity index (χ1v) is 17.2. The van der Waals surface area contributed by atoms with Gasteiger partial charge in [-0.1, -0.05) is 38.1 Å². The van der Waals surface area contributed by atoms with Crippen LogP contribution in [0.15, 0.2) is 97.5 Å². The van der Waals surface area contributed by atoms with Crippen LogP contribution < -0.4 is 36.1 Å². The number of carbonyl (C=O) groups excluding carboxylic acids is 4. The average Bonchev–Trinajstić information content (AvgIpc) is 3.75. The maximum atomic E-state index is 13.2. The van der Waals surface area contributed by atoms with Crippen LogP contribution in [-0.4, -0.2) is 51.7 Å². The summed E-state index contributed by atoms with van der Waals surface area (Å²) >= 11 is 0. The van der Waals surface area contributed by atoms with E-state index >= 15 is 0 Å². The number of pyridine rings is 1. The third-order valence-corrected chi connectivity index (χ3v) is 10.1. The summed E-state index contributed by atoms with van der Waals surface area (Å²) in [6.07, 6.45) is 7.11. The number of aromatic nitrogens is 1. The lowest BCUT2D eigenvalue weighted by molar-refractivity contribution is -0.136. The van der Waals surface area contributed by atoms with Crippen molar-refractivity contribution in [1.29, 1.82) is 0 Å². The predicted octanol–water partition coefficient (Wildman–Crippen LogP) is 4.92. The standard InChI is InChI=1S/C39H37N7O6/c1-39(2,23-3-8-27(9-4-23)51-29-12-15-34(40-22-29)45-18-17-41-44-45)24-5-10-28(11-6-24)52-30-19-26(20-30)42-25-7-13-31-32(21-25)38(50)46(37(31)49)33-14-16-35(47)43-36(33)48/h3-13,15,17-18,21-22,26,30,33,41-42,44H,14,16,19-20H2,1-2H3,(H,43,47,48)/t26-,30-,33?. The van der Waals surface area contributed by atoms with E-state index < -0.39 is 29.7 Å². The van der Waals surface area contributed by atoms with Crippen LogP contribution in [0.4, 0.5) is 11.5 Å². The molecule has 0 bridgehead atoms. The predicted molar refractivity (Wildman–Crippen MR) is 191 cm³/mol. The van der Waals surface area contributed by atoms with E-state index in [0.717, 1.165) is 51.9 Å². The minimum Gasteiger partial charge on any atom is -0.490 e. The first-order chi connectivity index (χ1) is 25.1. The molecule has 1 saturated carbocycles. The highest BCUT2D eigenvalue weighted by atomic mass is 16.5. The Morgan fingerprint density at radius 3 is 2.17 bits per heavy atom. The van der Waals surface area contributed by atoms with Crippen LogP contribution in [0.2, 0.25) is 0 Å². The number of anilines is 2. The molecule has 4 amide bonds. The van der Waals surface area contributed by atoms with Crippen LogP contribution >= 0.6 is 0 Å². The monoisotopic (exact) mass is 699 g/mol. The molecule has 0 spiro atoms. The Kier molecular flexibility index (Phi) is 8.34. The molecule has 1 unspecified atom stereocenters. The molecule has 52 heavy (non-hydrogen) atoms. The van der Waals surface area contributed by atoms with Crippen molar-refractivity contribution in [3.63, 3.8) is 0 Å². The minimum atomic E-state index is -0.986. The zero-order chi connectivity index (χ0) is 36.0. The van der Waals surface area contributed by atoms with Crippen molar-refractivity contribution in [1.82, 2.24) is 26.2 Å². The van der Waals surface area contributed by atoms with Crippen molar-refractivity contribution in [2.75, 3.05) is 10.3 Å². The maximum absolute atomic E-state index is 13.2. The number of benzene rings is 3. The first-order valence-electron chi connectivity index (χ1n) is 17.2. The number of hydrogen-bond acceptors (Lipinski definition) is 11. The Morgan fingerprint density at radius 1 is 0.827 bits per heavy atom. The van der Waals surface area contributed by atoms with Crippen LogP contribution in [0.3, 0.4) is 0 Å². The fraction of sp³-hybridized carbons (Fsp3) is 0.256. The molecule has 1 aromatic heterocycles. The van der Waals surface area contributed by atoms with Gasteiger partial charge >= 0.3 is 0 Å². The quantitative estimate of drug-likeness (QED) is 0.167. The van der Waals surface area contributed by atoms with Crippen LogP contribution in [0.25, 0.3) is 0 Å². The molecule has 1 aliphatic carbocycles. The number of rotatable bonds is 10. The van der Waals surface area contributed by atoms with Crippen molar-refractivity contribution in [3.05, 3.63) is 120 Å². The first kappa shape index (κ1) is 33.0. The van der Waals surface area contributed by atoms with E-state index in [-0.39, 0.29) is 41.5 Å². The van der Waals surface area contributed by atoms with Crippen molar-refractivity contribution < 1.29 is 28.7 Å². The van der Waals surface area contributed by atoms with Gasteiger partial charge in [-0.3, -0.25) is 29.4 Å². The molecule has 4 N–H and O–H groups in total. The number of imide groups is 2. The van der Waals surface area contributed by atoms with E-state index in [1.807, 2.05) is 42.6 Å². The van der Waals surface area contributed by atoms with E-state index in [4.69, 9.17) is 9.47 Å². The van der Waals surface area contributed by atoms with E-state index in [1.165, 1.54) is 0 Å². The van der Waals surface area contributed by atoms with Crippen molar-refractivity contribution in [3.8, 4) is 17.2 Å². The van der Waals surface area contributed by atoms with Crippen molar-refractivity contribution in [2.24, 2.45) is 0 Å². The molecule has 13 heteroatoms. The van der Waals surface area contributed by atoms with Crippen molar-refractivity contribution in [2.45, 2.75) is 63.1 Å². The van der Waals surface area contributed by atoms with Gasteiger partial charge in [0.05, 0.1) is 17.3 Å². The number of piperidine rings is 1. The van der Waals surface area contributed by atoms with Gasteiger partial charge in [-0.05, 0) is 72.1 Å². The van der Waals surface area contributed by atoms with E-state index in [2.05, 4.69) is 64.7 Å². The molecule has 4 aliphatic rings. The van der Waals surface area contributed by atoms with Crippen molar-refractivity contribution >= 4 is 35.1 Å². The van der Waals surface area contributed by atoms with E-state index in [0.29, 0.717) is 5.75 Å². The second-order valence-electron chi connectivity index (χ2n) is 13.8. The highest BCUT2D eigenvalue weighted by Crippen LogP contribution is 2.36. The molecular weight excluding hydrogens is 662 g/mol. The fourth-order valence-corrected chi connectivity index (χ4v) is 6.93. The van der Waals surface area contributed by atoms with Gasteiger partial charge in [-0.15, -0.1) is 5.53 Å². The molecule has 1 saturated heterocycles. The number of carbonyl (C=O) groups is 4. The summed E-state index contributed by atoms with van der Waals surface area (Å²) in [4.78, 5) is 55.5. The lowest BCUT2D eigenvalue weighted by Crippen LogP contribution is -2.54. The number of nitrogens with one attached hydrogen (secondary N) is 4. The Labute approximate surface area is 299 Å². The van der Waals surface area contributed by atoms with Gasteiger partial charge in [0.1, 0.15) is 35.2 Å². The van der Waals surface area contributed by atoms with E-state index in [1.54, 1.807) is 35.6 Å². The van der Waals surface area contributed by atoms with Gasteiger partial charge in [-0.2, -0.15) is 0 Å². The van der Waals surface area contributed by atoms with Crippen LogP contribution in [0.5, 0.6) is 17.2 Å². The molecule has 1 atom stereocenters. The molecular formula is C39H37N7O6. The fourth-order valence-electron chi connectivity index (χ4n) is 6.93. The van der Waals surface area contributed by atoms with Gasteiger partial charge in [0.25, 0.3) is 11.8 Å². The molecule has 3 aromatic carbocycles. The highest BCUT2D eigenvalue weighted by Gasteiger charge is 2.45. The smallest absolute Gasteiger partial charge is 0.262 e. The molecule has 4 aromatic rings. The second-order valence-corrected chi connectivity index (χ2v) is 13.8. The minimum absolute atomic E-state index is 0.0432. The van der Waals surface area contributed by atoms with Crippen LogP contribution in [0, 0.1) is 0 Å². The topological polar surface area (TPSA) is 154 Å². The van der Waals surface area contributed by atoms with Gasteiger partial charge in [0, 0.05) is 48.8 Å². The lowest BCUT2D eigenvalue weighted by Gasteiger charge is -2.36. The summed E-state index contributed by atoms with van der Waals surface area (Å²) in [5.41, 5.74) is 9.11. The molecule has 8 rings (SSSR count). The Morgan fingerprint density at radius 2 is 1.52 bits per heavy atom.